The first-order chi connectivity index (χ1) is 16.0. The number of methoxy groups -OCH3 is 1. The van der Waals surface area contributed by atoms with Gasteiger partial charge in [0.05, 0.1) is 31.2 Å². The van der Waals surface area contributed by atoms with Gasteiger partial charge >= 0.3 is 0 Å². The Balaban J connectivity index is 1.49. The molecule has 1 amide bonds. The third-order valence-electron chi connectivity index (χ3n) is 4.89. The first-order valence-corrected chi connectivity index (χ1v) is 10.00. The van der Waals surface area contributed by atoms with Gasteiger partial charge in [-0.2, -0.15) is 0 Å². The molecule has 0 radical (unpaired) electrons. The van der Waals surface area contributed by atoms with E-state index in [2.05, 4.69) is 42.7 Å². The van der Waals surface area contributed by atoms with Crippen LogP contribution in [0.25, 0.3) is 11.9 Å². The van der Waals surface area contributed by atoms with Gasteiger partial charge in [-0.15, -0.1) is 10.2 Å². The van der Waals surface area contributed by atoms with E-state index in [1.807, 2.05) is 17.7 Å². The Morgan fingerprint density at radius 1 is 1.30 bits per heavy atom. The zero-order valence-electron chi connectivity index (χ0n) is 18.0. The van der Waals surface area contributed by atoms with E-state index in [1.54, 1.807) is 12.3 Å². The molecule has 0 aliphatic rings. The van der Waals surface area contributed by atoms with E-state index in [-0.39, 0.29) is 23.6 Å². The fourth-order valence-electron chi connectivity index (χ4n) is 3.29. The molecule has 0 aliphatic carbocycles. The molecule has 0 saturated heterocycles. The molecule has 0 unspecified atom stereocenters. The Hall–Kier alpha value is -4.42. The molecule has 13 heteroatoms. The molecule has 0 spiro atoms. The zero-order valence-corrected chi connectivity index (χ0v) is 18.0. The lowest BCUT2D eigenvalue weighted by Crippen LogP contribution is -2.25. The van der Waals surface area contributed by atoms with E-state index in [0.717, 1.165) is 17.9 Å². The maximum absolute atomic E-state index is 14.9. The smallest absolute Gasteiger partial charge is 0.273 e. The van der Waals surface area contributed by atoms with Gasteiger partial charge < -0.3 is 14.6 Å². The molecule has 12 nitrogen and oxygen atoms in total. The van der Waals surface area contributed by atoms with Crippen LogP contribution in [0.2, 0.25) is 0 Å². The number of benzene rings is 1. The average Bonchev–Trinajstić information content (AvgIpc) is 3.59. The fourth-order valence-corrected chi connectivity index (χ4v) is 3.29. The molecule has 3 heterocycles. The van der Waals surface area contributed by atoms with Gasteiger partial charge in [-0.1, -0.05) is 18.7 Å². The number of tetrazole rings is 1. The summed E-state index contributed by atoms with van der Waals surface area (Å²) < 4.78 is 24.6. The van der Waals surface area contributed by atoms with E-state index >= 15 is 0 Å². The number of aryl methyl sites for hydroxylation is 1. The average molecular weight is 452 g/mol. The Bertz CT molecular complexity index is 1280. The van der Waals surface area contributed by atoms with E-state index < -0.39 is 11.7 Å². The number of imidazole rings is 1. The summed E-state index contributed by atoms with van der Waals surface area (Å²) in [6.45, 7) is 5.95. The van der Waals surface area contributed by atoms with Crippen LogP contribution in [-0.4, -0.2) is 57.8 Å². The normalized spacial score (nSPS) is 10.9. The van der Waals surface area contributed by atoms with E-state index in [0.29, 0.717) is 12.2 Å². The summed E-state index contributed by atoms with van der Waals surface area (Å²) in [5.41, 5.74) is 1.37. The summed E-state index contributed by atoms with van der Waals surface area (Å²) >= 11 is 0. The molecule has 1 aromatic carbocycles. The van der Waals surface area contributed by atoms with Gasteiger partial charge in [0.1, 0.15) is 12.2 Å². The van der Waals surface area contributed by atoms with Crippen LogP contribution in [0.15, 0.2) is 37.4 Å². The van der Waals surface area contributed by atoms with Crippen LogP contribution in [0.1, 0.15) is 34.5 Å². The number of halogens is 1. The summed E-state index contributed by atoms with van der Waals surface area (Å²) in [5, 5.41) is 21.5. The number of carbonyl (C=O) groups excluding carboxylic acids is 1. The van der Waals surface area contributed by atoms with Crippen molar-refractivity contribution in [3.63, 3.8) is 0 Å². The molecule has 0 saturated carbocycles. The van der Waals surface area contributed by atoms with E-state index in [4.69, 9.17) is 4.74 Å². The second-order valence-corrected chi connectivity index (χ2v) is 6.91. The Morgan fingerprint density at radius 3 is 2.82 bits per heavy atom. The van der Waals surface area contributed by atoms with Crippen molar-refractivity contribution in [2.24, 2.45) is 0 Å². The van der Waals surface area contributed by atoms with Gasteiger partial charge in [0.15, 0.2) is 17.3 Å². The molecule has 0 fully saturated rings. The second-order valence-electron chi connectivity index (χ2n) is 6.91. The summed E-state index contributed by atoms with van der Waals surface area (Å²) in [6.07, 6.45) is 7.11. The van der Waals surface area contributed by atoms with Gasteiger partial charge in [-0.05, 0) is 22.6 Å². The largest absolute Gasteiger partial charge is 0.494 e. The van der Waals surface area contributed by atoms with Crippen LogP contribution in [0.5, 0.6) is 5.75 Å². The van der Waals surface area contributed by atoms with Crippen LogP contribution < -0.4 is 10.1 Å². The maximum atomic E-state index is 14.9. The van der Waals surface area contributed by atoms with Crippen molar-refractivity contribution in [2.45, 2.75) is 26.4 Å². The van der Waals surface area contributed by atoms with Crippen molar-refractivity contribution in [3.05, 3.63) is 66.0 Å². The number of rotatable bonds is 9. The van der Waals surface area contributed by atoms with Gasteiger partial charge in [-0.25, -0.2) is 18.7 Å². The van der Waals surface area contributed by atoms with Crippen molar-refractivity contribution in [1.29, 1.82) is 0 Å². The van der Waals surface area contributed by atoms with Crippen LogP contribution in [0, 0.1) is 5.82 Å². The summed E-state index contributed by atoms with van der Waals surface area (Å²) in [7, 11) is 1.36. The molecule has 3 aromatic heterocycles. The lowest BCUT2D eigenvalue weighted by molar-refractivity contribution is 0.0945. The molecule has 4 rings (SSSR count). The van der Waals surface area contributed by atoms with Crippen molar-refractivity contribution < 1.29 is 13.9 Å². The lowest BCUT2D eigenvalue weighted by atomic mass is 10.1. The van der Waals surface area contributed by atoms with E-state index in [9.17, 15) is 9.18 Å². The molecule has 170 valence electrons. The molecule has 0 aliphatic heterocycles. The molecule has 0 bridgehead atoms. The third-order valence-corrected chi connectivity index (χ3v) is 4.89. The number of aromatic nitrogens is 9. The van der Waals surface area contributed by atoms with Crippen molar-refractivity contribution in [3.8, 4) is 11.4 Å². The topological polar surface area (TPSA) is 130 Å². The number of ether oxygens (including phenoxy) is 1. The minimum absolute atomic E-state index is 0.0347. The molecular formula is C20H21FN10O2. The minimum Gasteiger partial charge on any atom is -0.494 e. The fraction of sp³-hybridized carbons (Fsp3) is 0.250. The van der Waals surface area contributed by atoms with Gasteiger partial charge in [0, 0.05) is 30.9 Å². The maximum Gasteiger partial charge on any atom is 0.273 e. The van der Waals surface area contributed by atoms with Crippen LogP contribution in [0.4, 0.5) is 4.39 Å². The van der Waals surface area contributed by atoms with Crippen molar-refractivity contribution >= 4 is 12.1 Å². The van der Waals surface area contributed by atoms with Crippen LogP contribution in [0.3, 0.4) is 0 Å². The number of hydrogen-bond donors (Lipinski definition) is 1. The summed E-state index contributed by atoms with van der Waals surface area (Å²) in [4.78, 5) is 17.2. The Kier molecular flexibility index (Phi) is 6.20. The first kappa shape index (κ1) is 21.8. The summed E-state index contributed by atoms with van der Waals surface area (Å²) in [6, 6.07) is 3.06. The predicted molar refractivity (Wildman–Crippen MR) is 114 cm³/mol. The Morgan fingerprint density at radius 2 is 2.15 bits per heavy atom. The van der Waals surface area contributed by atoms with Crippen LogP contribution in [-0.2, 0) is 19.5 Å². The van der Waals surface area contributed by atoms with E-state index in [1.165, 1.54) is 35.1 Å². The van der Waals surface area contributed by atoms with Gasteiger partial charge in [0.25, 0.3) is 5.91 Å². The second kappa shape index (κ2) is 9.38. The standard InChI is InChI=1S/C20H21FN10O2/c1-4-18-24-13(9-29(18)5-2)10-30-11-15(25-27-30)20(32)22-8-14-16(31-12-23-26-28-31)6-7-17(33-3)19(14)21/h5-7,9,11-12H,2,4,8,10H2,1,3H3,(H,22,32). The Labute approximate surface area is 187 Å². The number of nitrogens with one attached hydrogen (secondary N) is 1. The molecule has 1 N–H and O–H groups in total. The number of amides is 1. The highest BCUT2D eigenvalue weighted by Crippen LogP contribution is 2.25. The number of nitrogens with zero attached hydrogens (tertiary/aromatic N) is 9. The summed E-state index contributed by atoms with van der Waals surface area (Å²) in [5.74, 6) is -0.236. The molecule has 33 heavy (non-hydrogen) atoms. The third kappa shape index (κ3) is 4.46. The highest BCUT2D eigenvalue weighted by molar-refractivity contribution is 5.91. The van der Waals surface area contributed by atoms with Gasteiger partial charge in [0.2, 0.25) is 0 Å². The SMILES string of the molecule is C=Cn1cc(Cn2cc(C(=O)NCc3c(-n4cnnn4)ccc(OC)c3F)nn2)nc1CC. The highest BCUT2D eigenvalue weighted by atomic mass is 19.1. The van der Waals surface area contributed by atoms with Crippen molar-refractivity contribution in [2.75, 3.05) is 7.11 Å². The van der Waals surface area contributed by atoms with Crippen molar-refractivity contribution in [1.82, 2.24) is 50.1 Å². The number of carbonyl (C=O) groups is 1. The minimum atomic E-state index is -0.626. The zero-order chi connectivity index (χ0) is 23.4. The monoisotopic (exact) mass is 452 g/mol. The van der Waals surface area contributed by atoms with Gasteiger partial charge in [-0.3, -0.25) is 4.79 Å². The highest BCUT2D eigenvalue weighted by Gasteiger charge is 2.19. The molecule has 0 atom stereocenters. The lowest BCUT2D eigenvalue weighted by Gasteiger charge is -2.13. The predicted octanol–water partition coefficient (Wildman–Crippen LogP) is 1.24. The quantitative estimate of drug-likeness (QED) is 0.401. The molecular weight excluding hydrogens is 431 g/mol. The molecule has 4 aromatic rings. The first-order valence-electron chi connectivity index (χ1n) is 10.00. The van der Waals surface area contributed by atoms with Crippen LogP contribution >= 0.6 is 0 Å². The number of hydrogen-bond acceptors (Lipinski definition) is 8.